The lowest BCUT2D eigenvalue weighted by molar-refractivity contribution is 0.246. The van der Waals surface area contributed by atoms with E-state index < -0.39 is 0 Å². The molecule has 0 aromatic heterocycles. The van der Waals surface area contributed by atoms with Gasteiger partial charge in [0.05, 0.1) is 0 Å². The predicted octanol–water partition coefficient (Wildman–Crippen LogP) is 3.33. The van der Waals surface area contributed by atoms with Crippen LogP contribution in [0.3, 0.4) is 0 Å². The maximum absolute atomic E-state index is 14.1. The maximum atomic E-state index is 14.1. The molecule has 0 radical (unpaired) electrons. The largest absolute Gasteiger partial charge is 0.312 e. The molecular weight excluding hydrogens is 307 g/mol. The number of fused-ring (bicyclic) bond motifs is 1. The van der Waals surface area contributed by atoms with Crippen LogP contribution in [-0.4, -0.2) is 30.6 Å². The van der Waals surface area contributed by atoms with Gasteiger partial charge in [0.2, 0.25) is 0 Å². The number of piperidine rings is 1. The molecule has 0 bridgehead atoms. The van der Waals surface area contributed by atoms with E-state index in [1.54, 1.807) is 6.07 Å². The van der Waals surface area contributed by atoms with E-state index in [1.807, 2.05) is 12.1 Å². The molecule has 0 spiro atoms. The Balaban J connectivity index is 1.75. The second kappa shape index (κ2) is 5.51. The highest BCUT2D eigenvalue weighted by molar-refractivity contribution is 9.10. The van der Waals surface area contributed by atoms with E-state index in [0.29, 0.717) is 6.04 Å². The molecule has 1 N–H and O–H groups in total. The van der Waals surface area contributed by atoms with Gasteiger partial charge in [-0.3, -0.25) is 4.90 Å². The lowest BCUT2D eigenvalue weighted by Gasteiger charge is -2.25. The first-order valence-corrected chi connectivity index (χ1v) is 7.87. The van der Waals surface area contributed by atoms with Gasteiger partial charge in [-0.15, -0.1) is 0 Å². The summed E-state index contributed by atoms with van der Waals surface area (Å²) in [4.78, 5) is 2.42. The third-order valence-corrected chi connectivity index (χ3v) is 5.08. The average molecular weight is 327 g/mol. The van der Waals surface area contributed by atoms with Gasteiger partial charge in [-0.1, -0.05) is 22.0 Å². The van der Waals surface area contributed by atoms with Crippen molar-refractivity contribution < 1.29 is 4.39 Å². The fraction of sp³-hybridized carbons (Fsp3) is 0.600. The van der Waals surface area contributed by atoms with E-state index >= 15 is 0 Å². The first-order valence-electron chi connectivity index (χ1n) is 7.07. The summed E-state index contributed by atoms with van der Waals surface area (Å²) in [7, 11) is 0. The van der Waals surface area contributed by atoms with Crippen molar-refractivity contribution in [1.29, 1.82) is 0 Å². The summed E-state index contributed by atoms with van der Waals surface area (Å²) >= 11 is 3.32. The van der Waals surface area contributed by atoms with Gasteiger partial charge in [0, 0.05) is 35.2 Å². The molecule has 19 heavy (non-hydrogen) atoms. The summed E-state index contributed by atoms with van der Waals surface area (Å²) in [6.07, 6.45) is 2.58. The molecule has 2 aliphatic heterocycles. The molecule has 1 aromatic rings. The number of nitrogens with zero attached hydrogens (tertiary/aromatic N) is 1. The van der Waals surface area contributed by atoms with Crippen LogP contribution in [0.2, 0.25) is 0 Å². The van der Waals surface area contributed by atoms with E-state index in [0.717, 1.165) is 35.6 Å². The second-order valence-electron chi connectivity index (χ2n) is 5.76. The van der Waals surface area contributed by atoms with E-state index in [2.05, 4.69) is 33.1 Å². The van der Waals surface area contributed by atoms with Crippen molar-refractivity contribution in [2.24, 2.45) is 5.92 Å². The molecular formula is C15H20BrFN2. The SMILES string of the molecule is CC(c1ccc(Br)cc1F)N1CC2CCCNC2C1. The van der Waals surface area contributed by atoms with E-state index in [4.69, 9.17) is 0 Å². The van der Waals surface area contributed by atoms with Gasteiger partial charge < -0.3 is 5.32 Å². The zero-order valence-electron chi connectivity index (χ0n) is 11.2. The van der Waals surface area contributed by atoms with Crippen LogP contribution in [0, 0.1) is 11.7 Å². The lowest BCUT2D eigenvalue weighted by Crippen LogP contribution is -2.40. The molecule has 2 nitrogen and oxygen atoms in total. The zero-order chi connectivity index (χ0) is 13.4. The van der Waals surface area contributed by atoms with E-state index in [9.17, 15) is 4.39 Å². The van der Waals surface area contributed by atoms with Crippen molar-refractivity contribution >= 4 is 15.9 Å². The molecule has 2 heterocycles. The number of nitrogens with one attached hydrogen (secondary N) is 1. The van der Waals surface area contributed by atoms with Gasteiger partial charge in [0.15, 0.2) is 0 Å². The van der Waals surface area contributed by atoms with Crippen molar-refractivity contribution in [1.82, 2.24) is 10.2 Å². The van der Waals surface area contributed by atoms with Crippen molar-refractivity contribution in [3.05, 3.63) is 34.1 Å². The molecule has 0 aliphatic carbocycles. The highest BCUT2D eigenvalue weighted by Gasteiger charge is 2.36. The van der Waals surface area contributed by atoms with Gasteiger partial charge in [0.25, 0.3) is 0 Å². The highest BCUT2D eigenvalue weighted by atomic mass is 79.9. The van der Waals surface area contributed by atoms with E-state index in [1.165, 1.54) is 12.8 Å². The molecule has 4 heteroatoms. The monoisotopic (exact) mass is 326 g/mol. The summed E-state index contributed by atoms with van der Waals surface area (Å²) in [5.41, 5.74) is 0.807. The number of halogens is 2. The van der Waals surface area contributed by atoms with Crippen LogP contribution < -0.4 is 5.32 Å². The molecule has 3 unspecified atom stereocenters. The van der Waals surface area contributed by atoms with Crippen molar-refractivity contribution in [2.45, 2.75) is 31.8 Å². The Hall–Kier alpha value is -0.450. The molecule has 1 aromatic carbocycles. The normalized spacial score (nSPS) is 29.2. The number of likely N-dealkylation sites (tertiary alicyclic amines) is 1. The van der Waals surface area contributed by atoms with Gasteiger partial charge in [-0.25, -0.2) is 4.39 Å². The van der Waals surface area contributed by atoms with Crippen LogP contribution in [0.4, 0.5) is 4.39 Å². The molecule has 3 rings (SSSR count). The molecule has 2 aliphatic rings. The number of rotatable bonds is 2. The fourth-order valence-electron chi connectivity index (χ4n) is 3.43. The highest BCUT2D eigenvalue weighted by Crippen LogP contribution is 2.32. The van der Waals surface area contributed by atoms with Crippen molar-refractivity contribution in [3.8, 4) is 0 Å². The first-order chi connectivity index (χ1) is 9.15. The van der Waals surface area contributed by atoms with Gasteiger partial charge >= 0.3 is 0 Å². The third kappa shape index (κ3) is 2.71. The minimum absolute atomic E-state index is 0.107. The molecule has 0 amide bonds. The van der Waals surface area contributed by atoms with Gasteiger partial charge in [-0.2, -0.15) is 0 Å². The summed E-state index contributed by atoms with van der Waals surface area (Å²) in [5.74, 6) is 0.638. The smallest absolute Gasteiger partial charge is 0.129 e. The van der Waals surface area contributed by atoms with Gasteiger partial charge in [0.1, 0.15) is 5.82 Å². The summed E-state index contributed by atoms with van der Waals surface area (Å²) in [6.45, 7) is 5.38. The third-order valence-electron chi connectivity index (χ3n) is 4.59. The summed E-state index contributed by atoms with van der Waals surface area (Å²) < 4.78 is 14.9. The Kier molecular flexibility index (Phi) is 3.92. The second-order valence-corrected chi connectivity index (χ2v) is 6.67. The Morgan fingerprint density at radius 3 is 3.00 bits per heavy atom. The Labute approximate surface area is 122 Å². The van der Waals surface area contributed by atoms with Crippen LogP contribution in [0.25, 0.3) is 0 Å². The van der Waals surface area contributed by atoms with Crippen LogP contribution >= 0.6 is 15.9 Å². The topological polar surface area (TPSA) is 15.3 Å². The standard InChI is InChI=1S/C15H20BrFN2/c1-10(13-5-4-12(16)7-14(13)17)19-8-11-3-2-6-18-15(11)9-19/h4-5,7,10-11,15,18H,2-3,6,8-9H2,1H3. The number of hydrogen-bond acceptors (Lipinski definition) is 2. The number of benzene rings is 1. The lowest BCUT2D eigenvalue weighted by atomic mass is 9.94. The van der Waals surface area contributed by atoms with Crippen LogP contribution in [-0.2, 0) is 0 Å². The van der Waals surface area contributed by atoms with Crippen LogP contribution in [0.5, 0.6) is 0 Å². The summed E-state index contributed by atoms with van der Waals surface area (Å²) in [6, 6.07) is 6.15. The molecule has 2 saturated heterocycles. The fourth-order valence-corrected chi connectivity index (χ4v) is 3.77. The van der Waals surface area contributed by atoms with Crippen molar-refractivity contribution in [3.63, 3.8) is 0 Å². The number of hydrogen-bond donors (Lipinski definition) is 1. The quantitative estimate of drug-likeness (QED) is 0.896. The first kappa shape index (κ1) is 13.5. The van der Waals surface area contributed by atoms with E-state index in [-0.39, 0.29) is 11.9 Å². The van der Waals surface area contributed by atoms with Crippen LogP contribution in [0.1, 0.15) is 31.4 Å². The zero-order valence-corrected chi connectivity index (χ0v) is 12.8. The van der Waals surface area contributed by atoms with Gasteiger partial charge in [-0.05, 0) is 44.4 Å². The minimum atomic E-state index is -0.107. The molecule has 104 valence electrons. The molecule has 2 fully saturated rings. The predicted molar refractivity (Wildman–Crippen MR) is 78.6 cm³/mol. The Morgan fingerprint density at radius 2 is 2.26 bits per heavy atom. The Bertz CT molecular complexity index is 451. The maximum Gasteiger partial charge on any atom is 0.129 e. The average Bonchev–Trinajstić information content (AvgIpc) is 2.81. The molecule has 3 atom stereocenters. The molecule has 0 saturated carbocycles. The minimum Gasteiger partial charge on any atom is -0.312 e. The summed E-state index contributed by atoms with van der Waals surface area (Å²) in [5, 5.41) is 3.60. The van der Waals surface area contributed by atoms with Crippen molar-refractivity contribution in [2.75, 3.05) is 19.6 Å². The van der Waals surface area contributed by atoms with Crippen LogP contribution in [0.15, 0.2) is 22.7 Å². The Morgan fingerprint density at radius 1 is 1.42 bits per heavy atom.